The van der Waals surface area contributed by atoms with Crippen LogP contribution in [0.4, 0.5) is 0 Å². The standard InChI is InChI=1S/C13H18O5S/c1-3-5-11(14)10-18-19(15,16)13-8-6-12(7-9-13)17-4-2/h6-9H,3-5,10H2,1-2H3. The number of ketones is 1. The lowest BCUT2D eigenvalue weighted by atomic mass is 10.2. The lowest BCUT2D eigenvalue weighted by molar-refractivity contribution is -0.121. The van der Waals surface area contributed by atoms with E-state index < -0.39 is 16.7 Å². The highest BCUT2D eigenvalue weighted by Crippen LogP contribution is 2.17. The largest absolute Gasteiger partial charge is 0.494 e. The average Bonchev–Trinajstić information content (AvgIpc) is 2.38. The van der Waals surface area contributed by atoms with E-state index in [-0.39, 0.29) is 10.7 Å². The van der Waals surface area contributed by atoms with Gasteiger partial charge in [-0.1, -0.05) is 6.92 Å². The third-order valence-corrected chi connectivity index (χ3v) is 3.60. The van der Waals surface area contributed by atoms with Crippen molar-refractivity contribution in [2.75, 3.05) is 13.2 Å². The summed E-state index contributed by atoms with van der Waals surface area (Å²) in [6, 6.07) is 5.89. The van der Waals surface area contributed by atoms with Crippen molar-refractivity contribution < 1.29 is 22.1 Å². The topological polar surface area (TPSA) is 69.7 Å². The summed E-state index contributed by atoms with van der Waals surface area (Å²) in [5, 5.41) is 0. The molecule has 0 aliphatic rings. The van der Waals surface area contributed by atoms with Crippen molar-refractivity contribution in [1.29, 1.82) is 0 Å². The fourth-order valence-electron chi connectivity index (χ4n) is 1.43. The van der Waals surface area contributed by atoms with Gasteiger partial charge in [0.2, 0.25) is 0 Å². The van der Waals surface area contributed by atoms with Gasteiger partial charge < -0.3 is 4.74 Å². The Morgan fingerprint density at radius 1 is 1.16 bits per heavy atom. The van der Waals surface area contributed by atoms with Gasteiger partial charge in [0.15, 0.2) is 5.78 Å². The Kier molecular flexibility index (Phi) is 5.98. The van der Waals surface area contributed by atoms with Crippen molar-refractivity contribution in [3.05, 3.63) is 24.3 Å². The summed E-state index contributed by atoms with van der Waals surface area (Å²) in [7, 11) is -3.88. The Balaban J connectivity index is 2.69. The molecule has 0 N–H and O–H groups in total. The first kappa shape index (κ1) is 15.7. The van der Waals surface area contributed by atoms with Crippen molar-refractivity contribution in [3.8, 4) is 5.75 Å². The zero-order chi connectivity index (χ0) is 14.3. The Morgan fingerprint density at radius 3 is 2.32 bits per heavy atom. The molecule has 0 aliphatic heterocycles. The second kappa shape index (κ2) is 7.25. The Hall–Kier alpha value is -1.40. The van der Waals surface area contributed by atoms with Crippen LogP contribution in [-0.4, -0.2) is 27.4 Å². The van der Waals surface area contributed by atoms with Gasteiger partial charge in [-0.2, -0.15) is 8.42 Å². The molecule has 0 saturated heterocycles. The van der Waals surface area contributed by atoms with Crippen LogP contribution in [-0.2, 0) is 19.1 Å². The summed E-state index contributed by atoms with van der Waals surface area (Å²) >= 11 is 0. The van der Waals surface area contributed by atoms with E-state index in [1.54, 1.807) is 12.1 Å². The molecule has 19 heavy (non-hydrogen) atoms. The predicted molar refractivity (Wildman–Crippen MR) is 70.7 cm³/mol. The van der Waals surface area contributed by atoms with Crippen molar-refractivity contribution in [2.24, 2.45) is 0 Å². The van der Waals surface area contributed by atoms with Gasteiger partial charge >= 0.3 is 0 Å². The van der Waals surface area contributed by atoms with E-state index in [0.29, 0.717) is 25.2 Å². The van der Waals surface area contributed by atoms with E-state index in [0.717, 1.165) is 0 Å². The maximum absolute atomic E-state index is 11.8. The van der Waals surface area contributed by atoms with Crippen LogP contribution in [0.5, 0.6) is 5.75 Å². The van der Waals surface area contributed by atoms with Crippen LogP contribution in [0.3, 0.4) is 0 Å². The van der Waals surface area contributed by atoms with Gasteiger partial charge in [-0.15, -0.1) is 0 Å². The summed E-state index contributed by atoms with van der Waals surface area (Å²) in [6.07, 6.45) is 0.990. The first-order valence-electron chi connectivity index (χ1n) is 6.13. The molecule has 0 atom stereocenters. The van der Waals surface area contributed by atoms with E-state index in [4.69, 9.17) is 8.92 Å². The second-order valence-corrected chi connectivity index (χ2v) is 5.52. The summed E-state index contributed by atoms with van der Waals surface area (Å²) in [5.41, 5.74) is 0. The molecule has 106 valence electrons. The molecular weight excluding hydrogens is 268 g/mol. The second-order valence-electron chi connectivity index (χ2n) is 3.91. The maximum atomic E-state index is 11.8. The van der Waals surface area contributed by atoms with Crippen molar-refractivity contribution in [3.63, 3.8) is 0 Å². The predicted octanol–water partition coefficient (Wildman–Crippen LogP) is 2.16. The van der Waals surface area contributed by atoms with Gasteiger partial charge in [-0.25, -0.2) is 0 Å². The van der Waals surface area contributed by atoms with Gasteiger partial charge in [0.05, 0.1) is 11.5 Å². The van der Waals surface area contributed by atoms with Crippen LogP contribution in [0.25, 0.3) is 0 Å². The number of carbonyl (C=O) groups excluding carboxylic acids is 1. The molecule has 0 heterocycles. The summed E-state index contributed by atoms with van der Waals surface area (Å²) in [6.45, 7) is 3.78. The quantitative estimate of drug-likeness (QED) is 0.685. The number of benzene rings is 1. The number of ether oxygens (including phenoxy) is 1. The SMILES string of the molecule is CCCC(=O)COS(=O)(=O)c1ccc(OCC)cc1. The molecule has 1 aromatic rings. The van der Waals surface area contributed by atoms with Crippen LogP contribution in [0.2, 0.25) is 0 Å². The zero-order valence-corrected chi connectivity index (χ0v) is 11.9. The number of hydrogen-bond donors (Lipinski definition) is 0. The van der Waals surface area contributed by atoms with Crippen molar-refractivity contribution in [2.45, 2.75) is 31.6 Å². The number of hydrogen-bond acceptors (Lipinski definition) is 5. The molecule has 0 radical (unpaired) electrons. The van der Waals surface area contributed by atoms with E-state index >= 15 is 0 Å². The van der Waals surface area contributed by atoms with Crippen molar-refractivity contribution >= 4 is 15.9 Å². The van der Waals surface area contributed by atoms with Crippen LogP contribution < -0.4 is 4.74 Å². The average molecular weight is 286 g/mol. The molecule has 0 saturated carbocycles. The first-order valence-corrected chi connectivity index (χ1v) is 7.54. The minimum absolute atomic E-state index is 0.0141. The van der Waals surface area contributed by atoms with E-state index in [2.05, 4.69) is 0 Å². The molecule has 0 spiro atoms. The van der Waals surface area contributed by atoms with E-state index in [9.17, 15) is 13.2 Å². The van der Waals surface area contributed by atoms with Gasteiger partial charge in [-0.3, -0.25) is 8.98 Å². The Bertz CT molecular complexity index is 504. The molecule has 1 rings (SSSR count). The van der Waals surface area contributed by atoms with Crippen LogP contribution >= 0.6 is 0 Å². The van der Waals surface area contributed by atoms with Crippen LogP contribution in [0.15, 0.2) is 29.2 Å². The molecule has 1 aromatic carbocycles. The fraction of sp³-hybridized carbons (Fsp3) is 0.462. The van der Waals surface area contributed by atoms with Gasteiger partial charge in [0, 0.05) is 6.42 Å². The first-order chi connectivity index (χ1) is 8.99. The molecule has 0 aromatic heterocycles. The van der Waals surface area contributed by atoms with E-state index in [1.165, 1.54) is 12.1 Å². The van der Waals surface area contributed by atoms with Gasteiger partial charge in [0.1, 0.15) is 12.4 Å². The number of rotatable bonds is 8. The minimum Gasteiger partial charge on any atom is -0.494 e. The molecule has 5 nitrogen and oxygen atoms in total. The Morgan fingerprint density at radius 2 is 1.79 bits per heavy atom. The summed E-state index contributed by atoms with van der Waals surface area (Å²) in [5.74, 6) is 0.362. The molecule has 0 amide bonds. The Labute approximate surface area is 113 Å². The fourth-order valence-corrected chi connectivity index (χ4v) is 2.32. The molecule has 6 heteroatoms. The van der Waals surface area contributed by atoms with Crippen molar-refractivity contribution in [1.82, 2.24) is 0 Å². The summed E-state index contributed by atoms with van der Waals surface area (Å²) in [4.78, 5) is 11.3. The third kappa shape index (κ3) is 5.00. The highest BCUT2D eigenvalue weighted by molar-refractivity contribution is 7.86. The van der Waals surface area contributed by atoms with Gasteiger partial charge in [-0.05, 0) is 37.6 Å². The van der Waals surface area contributed by atoms with Crippen LogP contribution in [0.1, 0.15) is 26.7 Å². The molecule has 0 fully saturated rings. The van der Waals surface area contributed by atoms with E-state index in [1.807, 2.05) is 13.8 Å². The van der Waals surface area contributed by atoms with Gasteiger partial charge in [0.25, 0.3) is 10.1 Å². The monoisotopic (exact) mass is 286 g/mol. The zero-order valence-electron chi connectivity index (χ0n) is 11.1. The molecular formula is C13H18O5S. The van der Waals surface area contributed by atoms with Crippen LogP contribution in [0, 0.1) is 0 Å². The molecule has 0 unspecified atom stereocenters. The number of carbonyl (C=O) groups is 1. The molecule has 0 bridgehead atoms. The minimum atomic E-state index is -3.88. The maximum Gasteiger partial charge on any atom is 0.297 e. The highest BCUT2D eigenvalue weighted by Gasteiger charge is 2.16. The normalized spacial score (nSPS) is 11.3. The number of Topliss-reactive ketones (excluding diaryl/α,β-unsaturated/α-hetero) is 1. The lowest BCUT2D eigenvalue weighted by Gasteiger charge is -2.06. The molecule has 0 aliphatic carbocycles. The summed E-state index contributed by atoms with van der Waals surface area (Å²) < 4.78 is 33.5. The smallest absolute Gasteiger partial charge is 0.297 e. The lowest BCUT2D eigenvalue weighted by Crippen LogP contribution is -2.14. The highest BCUT2D eigenvalue weighted by atomic mass is 32.2. The third-order valence-electron chi connectivity index (χ3n) is 2.33.